The Hall–Kier alpha value is -3.46. The predicted molar refractivity (Wildman–Crippen MR) is 132 cm³/mol. The highest BCUT2D eigenvalue weighted by Crippen LogP contribution is 2.40. The molecule has 0 aliphatic carbocycles. The number of cyclic esters (lactones) is 1. The molecule has 0 N–H and O–H groups in total. The van der Waals surface area contributed by atoms with Crippen LogP contribution in [0.15, 0.2) is 91.0 Å². The van der Waals surface area contributed by atoms with Gasteiger partial charge in [-0.15, -0.1) is 0 Å². The zero-order chi connectivity index (χ0) is 23.1. The SMILES string of the molecule is CCCC1(CCc2ccccc2)CC(=O)C(C(=Cc2ccccc2)c2ccccc2)C(=O)O1. The van der Waals surface area contributed by atoms with Gasteiger partial charge in [-0.05, 0) is 47.6 Å². The summed E-state index contributed by atoms with van der Waals surface area (Å²) in [5.41, 5.74) is 2.97. The predicted octanol–water partition coefficient (Wildman–Crippen LogP) is 6.53. The Labute approximate surface area is 196 Å². The Kier molecular flexibility index (Phi) is 7.19. The van der Waals surface area contributed by atoms with Crippen molar-refractivity contribution in [1.82, 2.24) is 0 Å². The molecular weight excluding hydrogens is 408 g/mol. The van der Waals surface area contributed by atoms with Gasteiger partial charge in [-0.3, -0.25) is 9.59 Å². The van der Waals surface area contributed by atoms with Crippen LogP contribution < -0.4 is 0 Å². The number of Topliss-reactive ketones (excluding diaryl/α,β-unsaturated/α-hetero) is 1. The molecule has 1 fully saturated rings. The van der Waals surface area contributed by atoms with Crippen LogP contribution in [0.25, 0.3) is 11.6 Å². The first-order valence-corrected chi connectivity index (χ1v) is 11.7. The van der Waals surface area contributed by atoms with Crippen molar-refractivity contribution in [3.8, 4) is 0 Å². The van der Waals surface area contributed by atoms with E-state index in [4.69, 9.17) is 4.74 Å². The van der Waals surface area contributed by atoms with Gasteiger partial charge in [-0.25, -0.2) is 0 Å². The normalized spacial score (nSPS) is 21.0. The van der Waals surface area contributed by atoms with Crippen molar-refractivity contribution in [1.29, 1.82) is 0 Å². The highest BCUT2D eigenvalue weighted by Gasteiger charge is 2.47. The van der Waals surface area contributed by atoms with Gasteiger partial charge in [0.1, 0.15) is 11.5 Å². The molecule has 2 atom stereocenters. The number of hydrogen-bond acceptors (Lipinski definition) is 3. The van der Waals surface area contributed by atoms with Gasteiger partial charge in [-0.1, -0.05) is 104 Å². The summed E-state index contributed by atoms with van der Waals surface area (Å²) in [6.07, 6.45) is 5.16. The molecule has 4 rings (SSSR count). The van der Waals surface area contributed by atoms with Crippen LogP contribution in [0, 0.1) is 5.92 Å². The minimum absolute atomic E-state index is 0.0567. The van der Waals surface area contributed by atoms with E-state index in [2.05, 4.69) is 19.1 Å². The first-order chi connectivity index (χ1) is 16.1. The van der Waals surface area contributed by atoms with E-state index in [-0.39, 0.29) is 12.2 Å². The van der Waals surface area contributed by atoms with Gasteiger partial charge in [0, 0.05) is 6.42 Å². The minimum atomic E-state index is -0.908. The van der Waals surface area contributed by atoms with E-state index in [1.165, 1.54) is 5.56 Å². The molecule has 1 aliphatic heterocycles. The molecule has 0 bridgehead atoms. The lowest BCUT2D eigenvalue weighted by molar-refractivity contribution is -0.176. The minimum Gasteiger partial charge on any atom is -0.458 e. The fraction of sp³-hybridized carbons (Fsp3) is 0.267. The number of esters is 1. The van der Waals surface area contributed by atoms with Crippen molar-refractivity contribution in [3.05, 3.63) is 108 Å². The summed E-state index contributed by atoms with van der Waals surface area (Å²) in [5.74, 6) is -1.40. The van der Waals surface area contributed by atoms with Crippen molar-refractivity contribution in [2.24, 2.45) is 5.92 Å². The van der Waals surface area contributed by atoms with Crippen molar-refractivity contribution in [2.75, 3.05) is 0 Å². The second kappa shape index (κ2) is 10.4. The molecule has 33 heavy (non-hydrogen) atoms. The summed E-state index contributed by atoms with van der Waals surface area (Å²) < 4.78 is 6.16. The lowest BCUT2D eigenvalue weighted by atomic mass is 9.77. The molecule has 3 heteroatoms. The van der Waals surface area contributed by atoms with E-state index >= 15 is 0 Å². The van der Waals surface area contributed by atoms with E-state index in [1.54, 1.807) is 0 Å². The Morgan fingerprint density at radius 1 is 0.879 bits per heavy atom. The smallest absolute Gasteiger partial charge is 0.321 e. The third-order valence-corrected chi connectivity index (χ3v) is 6.33. The molecule has 168 valence electrons. The maximum Gasteiger partial charge on any atom is 0.321 e. The van der Waals surface area contributed by atoms with Crippen molar-refractivity contribution >= 4 is 23.4 Å². The van der Waals surface area contributed by atoms with Crippen LogP contribution in [-0.2, 0) is 20.7 Å². The number of carbonyl (C=O) groups excluding carboxylic acids is 2. The van der Waals surface area contributed by atoms with Crippen LogP contribution in [0.5, 0.6) is 0 Å². The lowest BCUT2D eigenvalue weighted by Gasteiger charge is -2.39. The Morgan fingerprint density at radius 3 is 2.09 bits per heavy atom. The highest BCUT2D eigenvalue weighted by atomic mass is 16.6. The molecule has 0 saturated carbocycles. The molecule has 1 aliphatic rings. The number of benzene rings is 3. The van der Waals surface area contributed by atoms with Gasteiger partial charge in [0.2, 0.25) is 0 Å². The molecular formula is C30H30O3. The van der Waals surface area contributed by atoms with Crippen LogP contribution in [0.4, 0.5) is 0 Å². The fourth-order valence-corrected chi connectivity index (χ4v) is 4.73. The van der Waals surface area contributed by atoms with E-state index in [0.717, 1.165) is 24.0 Å². The Bertz CT molecular complexity index is 1080. The van der Waals surface area contributed by atoms with Gasteiger partial charge < -0.3 is 4.74 Å². The standard InChI is InChI=1S/C30H30O3/c1-2-19-30(20-18-23-12-6-3-7-13-23)22-27(31)28(29(32)33-30)26(25-16-10-5-11-17-25)21-24-14-8-4-9-15-24/h3-17,21,28H,2,18-20,22H2,1H3. The molecule has 3 aromatic rings. The second-order valence-corrected chi connectivity index (χ2v) is 8.79. The van der Waals surface area contributed by atoms with Gasteiger partial charge in [0.05, 0.1) is 0 Å². The van der Waals surface area contributed by atoms with Crippen LogP contribution >= 0.6 is 0 Å². The van der Waals surface area contributed by atoms with E-state index in [9.17, 15) is 9.59 Å². The first-order valence-electron chi connectivity index (χ1n) is 11.7. The summed E-state index contributed by atoms with van der Waals surface area (Å²) in [6, 6.07) is 29.6. The van der Waals surface area contributed by atoms with Crippen molar-refractivity contribution in [3.63, 3.8) is 0 Å². The van der Waals surface area contributed by atoms with E-state index in [1.807, 2.05) is 84.9 Å². The Morgan fingerprint density at radius 2 is 1.48 bits per heavy atom. The quantitative estimate of drug-likeness (QED) is 0.228. The number of rotatable bonds is 8. The summed E-state index contributed by atoms with van der Waals surface area (Å²) >= 11 is 0. The zero-order valence-electron chi connectivity index (χ0n) is 19.1. The maximum atomic E-state index is 13.6. The zero-order valence-corrected chi connectivity index (χ0v) is 19.1. The van der Waals surface area contributed by atoms with Gasteiger partial charge >= 0.3 is 5.97 Å². The summed E-state index contributed by atoms with van der Waals surface area (Å²) in [5, 5.41) is 0. The maximum absolute atomic E-state index is 13.6. The van der Waals surface area contributed by atoms with E-state index in [0.29, 0.717) is 18.4 Å². The van der Waals surface area contributed by atoms with Crippen LogP contribution in [-0.4, -0.2) is 17.4 Å². The molecule has 1 saturated heterocycles. The monoisotopic (exact) mass is 438 g/mol. The average molecular weight is 439 g/mol. The second-order valence-electron chi connectivity index (χ2n) is 8.79. The fourth-order valence-electron chi connectivity index (χ4n) is 4.73. The van der Waals surface area contributed by atoms with Crippen molar-refractivity contribution in [2.45, 2.75) is 44.6 Å². The third-order valence-electron chi connectivity index (χ3n) is 6.33. The molecule has 0 radical (unpaired) electrons. The number of hydrogen-bond donors (Lipinski definition) is 0. The summed E-state index contributed by atoms with van der Waals surface area (Å²) in [7, 11) is 0. The van der Waals surface area contributed by atoms with E-state index < -0.39 is 17.5 Å². The number of carbonyl (C=O) groups is 2. The average Bonchev–Trinajstić information content (AvgIpc) is 2.84. The number of aryl methyl sites for hydroxylation is 1. The largest absolute Gasteiger partial charge is 0.458 e. The van der Waals surface area contributed by atoms with Crippen molar-refractivity contribution < 1.29 is 14.3 Å². The van der Waals surface area contributed by atoms with Crippen LogP contribution in [0.1, 0.15) is 49.3 Å². The molecule has 1 heterocycles. The number of ketones is 1. The molecule has 0 amide bonds. The Balaban J connectivity index is 1.64. The number of ether oxygens (including phenoxy) is 1. The topological polar surface area (TPSA) is 43.4 Å². The van der Waals surface area contributed by atoms with Gasteiger partial charge in [0.25, 0.3) is 0 Å². The molecule has 2 unspecified atom stereocenters. The molecule has 0 spiro atoms. The molecule has 3 aromatic carbocycles. The van der Waals surface area contributed by atoms with Gasteiger partial charge in [-0.2, -0.15) is 0 Å². The lowest BCUT2D eigenvalue weighted by Crippen LogP contribution is -2.48. The highest BCUT2D eigenvalue weighted by molar-refractivity contribution is 6.14. The first kappa shape index (κ1) is 22.7. The van der Waals surface area contributed by atoms with Crippen LogP contribution in [0.2, 0.25) is 0 Å². The summed E-state index contributed by atoms with van der Waals surface area (Å²) in [6.45, 7) is 2.07. The van der Waals surface area contributed by atoms with Gasteiger partial charge in [0.15, 0.2) is 5.78 Å². The summed E-state index contributed by atoms with van der Waals surface area (Å²) in [4.78, 5) is 27.0. The third kappa shape index (κ3) is 5.48. The molecule has 0 aromatic heterocycles. The van der Waals surface area contributed by atoms with Crippen LogP contribution in [0.3, 0.4) is 0 Å². The molecule has 3 nitrogen and oxygen atoms in total.